The molecule has 2 fully saturated rings. The summed E-state index contributed by atoms with van der Waals surface area (Å²) in [6, 6.07) is 11.2. The molecule has 2 atom stereocenters. The van der Waals surface area contributed by atoms with Crippen molar-refractivity contribution in [3.63, 3.8) is 0 Å². The Morgan fingerprint density at radius 2 is 1.93 bits per heavy atom. The molecule has 1 saturated heterocycles. The van der Waals surface area contributed by atoms with Gasteiger partial charge in [0.1, 0.15) is 5.82 Å². The Balaban J connectivity index is 1.29. The van der Waals surface area contributed by atoms with E-state index >= 15 is 0 Å². The van der Waals surface area contributed by atoms with E-state index in [9.17, 15) is 4.79 Å². The number of hydrogen-bond donors (Lipinski definition) is 1. The molecule has 1 aliphatic carbocycles. The van der Waals surface area contributed by atoms with Gasteiger partial charge in [-0.2, -0.15) is 0 Å². The molecule has 30 heavy (non-hydrogen) atoms. The lowest BCUT2D eigenvalue weighted by Gasteiger charge is -2.25. The Labute approximate surface area is 183 Å². The molecule has 162 valence electrons. The first kappa shape index (κ1) is 21.4. The van der Waals surface area contributed by atoms with E-state index < -0.39 is 0 Å². The van der Waals surface area contributed by atoms with E-state index in [2.05, 4.69) is 49.2 Å². The number of aromatic nitrogens is 3. The van der Waals surface area contributed by atoms with E-state index in [1.807, 2.05) is 19.9 Å². The van der Waals surface area contributed by atoms with Crippen LogP contribution < -0.4 is 5.32 Å². The predicted octanol–water partition coefficient (Wildman–Crippen LogP) is 3.96. The number of thioether (sulfide) groups is 1. The van der Waals surface area contributed by atoms with Crippen LogP contribution in [0.5, 0.6) is 0 Å². The molecule has 7 heteroatoms. The minimum absolute atomic E-state index is 0.0995. The molecule has 1 N–H and O–H groups in total. The smallest absolute Gasteiger partial charge is 0.233 e. The Morgan fingerprint density at radius 1 is 1.17 bits per heavy atom. The molecule has 4 rings (SSSR count). The highest BCUT2D eigenvalue weighted by atomic mass is 32.2. The number of nitrogens with zero attached hydrogens (tertiary/aromatic N) is 4. The molecule has 6 nitrogen and oxygen atoms in total. The van der Waals surface area contributed by atoms with Crippen LogP contribution in [0.1, 0.15) is 62.9 Å². The van der Waals surface area contributed by atoms with Crippen LogP contribution in [-0.4, -0.2) is 50.0 Å². The molecule has 1 aromatic carbocycles. The van der Waals surface area contributed by atoms with Crippen molar-refractivity contribution in [3.8, 4) is 0 Å². The second-order valence-electron chi connectivity index (χ2n) is 8.67. The molecule has 2 unspecified atom stereocenters. The van der Waals surface area contributed by atoms with Gasteiger partial charge in [0, 0.05) is 31.7 Å². The Bertz CT molecular complexity index is 833. The molecule has 0 radical (unpaired) electrons. The van der Waals surface area contributed by atoms with Crippen molar-refractivity contribution in [3.05, 3.63) is 41.7 Å². The average Bonchev–Trinajstić information content (AvgIpc) is 3.35. The minimum atomic E-state index is -0.181. The zero-order valence-electron chi connectivity index (χ0n) is 18.1. The lowest BCUT2D eigenvalue weighted by atomic mass is 9.95. The van der Waals surface area contributed by atoms with Crippen LogP contribution in [0.15, 0.2) is 35.5 Å². The molecule has 0 spiro atoms. The largest absolute Gasteiger partial charge is 0.351 e. The number of aryl methyl sites for hydroxylation is 1. The second kappa shape index (κ2) is 9.96. The molecular weight excluding hydrogens is 394 g/mol. The van der Waals surface area contributed by atoms with Gasteiger partial charge in [0.25, 0.3) is 0 Å². The third kappa shape index (κ3) is 5.24. The highest BCUT2D eigenvalue weighted by molar-refractivity contribution is 8.00. The van der Waals surface area contributed by atoms with Crippen molar-refractivity contribution in [2.75, 3.05) is 13.1 Å². The maximum Gasteiger partial charge on any atom is 0.233 e. The van der Waals surface area contributed by atoms with Gasteiger partial charge in [-0.3, -0.25) is 9.69 Å². The number of nitrogens with one attached hydrogen (secondary N) is 1. The quantitative estimate of drug-likeness (QED) is 0.678. The molecule has 1 amide bonds. The second-order valence-corrected chi connectivity index (χ2v) is 9.97. The van der Waals surface area contributed by atoms with Crippen LogP contribution in [0.2, 0.25) is 0 Å². The Morgan fingerprint density at radius 3 is 2.70 bits per heavy atom. The fraction of sp³-hybridized carbons (Fsp3) is 0.609. The maximum absolute atomic E-state index is 12.9. The zero-order chi connectivity index (χ0) is 20.9. The van der Waals surface area contributed by atoms with Gasteiger partial charge in [-0.15, -0.1) is 10.2 Å². The number of benzene rings is 1. The van der Waals surface area contributed by atoms with Crippen molar-refractivity contribution in [1.82, 2.24) is 25.0 Å². The summed E-state index contributed by atoms with van der Waals surface area (Å²) in [6.45, 7) is 6.88. The van der Waals surface area contributed by atoms with Gasteiger partial charge in [-0.05, 0) is 38.7 Å². The van der Waals surface area contributed by atoms with Gasteiger partial charge in [0.05, 0.1) is 5.25 Å². The average molecular weight is 428 g/mol. The summed E-state index contributed by atoms with van der Waals surface area (Å²) in [5, 5.41) is 12.7. The number of rotatable bonds is 7. The monoisotopic (exact) mass is 427 g/mol. The standard InChI is InChI=1S/C23H33N5OS/c1-17(30-23-26-25-18(2)28(23)21-11-7-4-8-12-21)22(29)24-20-13-14-27(16-20)15-19-9-5-3-6-10-19/h3,5-6,9-10,17,20-21H,4,7-8,11-16H2,1-2H3,(H,24,29). The van der Waals surface area contributed by atoms with E-state index in [0.717, 1.165) is 37.0 Å². The van der Waals surface area contributed by atoms with E-state index in [0.29, 0.717) is 6.04 Å². The van der Waals surface area contributed by atoms with Crippen LogP contribution in [-0.2, 0) is 11.3 Å². The van der Waals surface area contributed by atoms with Crippen LogP contribution in [0, 0.1) is 6.92 Å². The number of amides is 1. The van der Waals surface area contributed by atoms with Crippen molar-refractivity contribution in [1.29, 1.82) is 0 Å². The lowest BCUT2D eigenvalue weighted by Crippen LogP contribution is -2.41. The zero-order valence-corrected chi connectivity index (χ0v) is 18.9. The highest BCUT2D eigenvalue weighted by Crippen LogP contribution is 2.33. The van der Waals surface area contributed by atoms with Crippen LogP contribution in [0.25, 0.3) is 0 Å². The summed E-state index contributed by atoms with van der Waals surface area (Å²) in [5.41, 5.74) is 1.32. The first-order valence-electron chi connectivity index (χ1n) is 11.2. The summed E-state index contributed by atoms with van der Waals surface area (Å²) >= 11 is 1.54. The summed E-state index contributed by atoms with van der Waals surface area (Å²) in [5.74, 6) is 1.06. The van der Waals surface area contributed by atoms with Crippen LogP contribution in [0.3, 0.4) is 0 Å². The first-order chi connectivity index (χ1) is 14.6. The van der Waals surface area contributed by atoms with Gasteiger partial charge < -0.3 is 9.88 Å². The Kier molecular flexibility index (Phi) is 7.10. The normalized spacial score (nSPS) is 21.6. The summed E-state index contributed by atoms with van der Waals surface area (Å²) in [6.07, 6.45) is 7.24. The Hall–Kier alpha value is -1.86. The maximum atomic E-state index is 12.9. The van der Waals surface area contributed by atoms with E-state index in [-0.39, 0.29) is 17.2 Å². The molecule has 0 bridgehead atoms. The number of carbonyl (C=O) groups excluding carboxylic acids is 1. The molecule has 1 aliphatic heterocycles. The van der Waals surface area contributed by atoms with Crippen molar-refractivity contribution < 1.29 is 4.79 Å². The molecule has 2 heterocycles. The SMILES string of the molecule is Cc1nnc(SC(C)C(=O)NC2CCN(Cc3ccccc3)C2)n1C1CCCCC1. The van der Waals surface area contributed by atoms with Gasteiger partial charge >= 0.3 is 0 Å². The van der Waals surface area contributed by atoms with Gasteiger partial charge in [0.15, 0.2) is 5.16 Å². The number of hydrogen-bond acceptors (Lipinski definition) is 5. The number of carbonyl (C=O) groups is 1. The van der Waals surface area contributed by atoms with Crippen LogP contribution in [0.4, 0.5) is 0 Å². The van der Waals surface area contributed by atoms with Crippen molar-refractivity contribution in [2.24, 2.45) is 0 Å². The van der Waals surface area contributed by atoms with E-state index in [1.54, 1.807) is 11.8 Å². The highest BCUT2D eigenvalue weighted by Gasteiger charge is 2.28. The topological polar surface area (TPSA) is 63.1 Å². The fourth-order valence-electron chi connectivity index (χ4n) is 4.66. The molecule has 1 aromatic heterocycles. The molecular formula is C23H33N5OS. The van der Waals surface area contributed by atoms with Crippen molar-refractivity contribution >= 4 is 17.7 Å². The van der Waals surface area contributed by atoms with Gasteiger partial charge in [-0.25, -0.2) is 0 Å². The van der Waals surface area contributed by atoms with Gasteiger partial charge in [-0.1, -0.05) is 61.4 Å². The summed E-state index contributed by atoms with van der Waals surface area (Å²) < 4.78 is 2.27. The molecule has 2 aromatic rings. The third-order valence-corrected chi connectivity index (χ3v) is 7.35. The molecule has 2 aliphatic rings. The van der Waals surface area contributed by atoms with Crippen molar-refractivity contribution in [2.45, 2.75) is 81.4 Å². The number of likely N-dealkylation sites (tertiary alicyclic amines) is 1. The van der Waals surface area contributed by atoms with Crippen LogP contribution >= 0.6 is 11.8 Å². The first-order valence-corrected chi connectivity index (χ1v) is 12.1. The lowest BCUT2D eigenvalue weighted by molar-refractivity contribution is -0.120. The molecule has 1 saturated carbocycles. The predicted molar refractivity (Wildman–Crippen MR) is 120 cm³/mol. The fourth-order valence-corrected chi connectivity index (χ4v) is 5.63. The summed E-state index contributed by atoms with van der Waals surface area (Å²) in [7, 11) is 0. The van der Waals surface area contributed by atoms with E-state index in [4.69, 9.17) is 0 Å². The minimum Gasteiger partial charge on any atom is -0.351 e. The summed E-state index contributed by atoms with van der Waals surface area (Å²) in [4.78, 5) is 15.3. The third-order valence-electron chi connectivity index (χ3n) is 6.29. The van der Waals surface area contributed by atoms with Gasteiger partial charge in [0.2, 0.25) is 5.91 Å². The van der Waals surface area contributed by atoms with E-state index in [1.165, 1.54) is 37.7 Å².